The van der Waals surface area contributed by atoms with Crippen LogP contribution in [0.2, 0.25) is 0 Å². The first kappa shape index (κ1) is 26.0. The van der Waals surface area contributed by atoms with Crippen LogP contribution in [0, 0.1) is 12.8 Å². The number of benzene rings is 1. The molecule has 0 aromatic heterocycles. The summed E-state index contributed by atoms with van der Waals surface area (Å²) < 4.78 is 17.4. The van der Waals surface area contributed by atoms with Gasteiger partial charge in [-0.2, -0.15) is 0 Å². The molecule has 0 radical (unpaired) electrons. The van der Waals surface area contributed by atoms with Crippen LogP contribution in [0.4, 0.5) is 0 Å². The van der Waals surface area contributed by atoms with Gasteiger partial charge < -0.3 is 29.5 Å². The second-order valence-corrected chi connectivity index (χ2v) is 11.1. The third-order valence-electron chi connectivity index (χ3n) is 8.11. The number of ether oxygens (including phenoxy) is 3. The third-order valence-corrected chi connectivity index (χ3v) is 8.11. The molecule has 7 heteroatoms. The molecule has 0 amide bonds. The molecule has 7 nitrogen and oxygen atoms in total. The lowest BCUT2D eigenvalue weighted by Crippen LogP contribution is -2.59. The number of phenols is 1. The molecule has 1 aromatic carbocycles. The summed E-state index contributed by atoms with van der Waals surface area (Å²) in [5.74, 6) is 1.05. The molecule has 4 rings (SSSR count). The summed E-state index contributed by atoms with van der Waals surface area (Å²) in [5, 5.41) is 32.5. The Bertz CT molecular complexity index is 1010. The summed E-state index contributed by atoms with van der Waals surface area (Å²) in [4.78, 5) is 11.8. The number of carbonyl (C=O) groups excluding carboxylic acids is 1. The smallest absolute Gasteiger partial charge is 0.303 e. The highest BCUT2D eigenvalue weighted by Crippen LogP contribution is 2.58. The molecule has 3 unspecified atom stereocenters. The maximum atomic E-state index is 11.8. The van der Waals surface area contributed by atoms with E-state index in [0.29, 0.717) is 17.6 Å². The fourth-order valence-corrected chi connectivity index (χ4v) is 6.47. The van der Waals surface area contributed by atoms with Gasteiger partial charge in [-0.15, -0.1) is 0 Å². The normalized spacial score (nSPS) is 36.2. The monoisotopic (exact) mass is 488 g/mol. The molecule has 0 spiro atoms. The molecule has 3 N–H and O–H groups in total. The second-order valence-electron chi connectivity index (χ2n) is 11.1. The summed E-state index contributed by atoms with van der Waals surface area (Å²) in [5.41, 5.74) is 5.48. The van der Waals surface area contributed by atoms with Crippen molar-refractivity contribution in [3.05, 3.63) is 33.9 Å². The zero-order valence-electron chi connectivity index (χ0n) is 21.9. The largest absolute Gasteiger partial charge is 0.504 e. The van der Waals surface area contributed by atoms with E-state index in [2.05, 4.69) is 33.8 Å². The number of aromatic hydroxyl groups is 1. The zero-order valence-corrected chi connectivity index (χ0v) is 21.9. The van der Waals surface area contributed by atoms with Crippen LogP contribution in [0.3, 0.4) is 0 Å². The number of carbonyl (C=O) groups is 1. The molecule has 3 aliphatic rings. The molecule has 1 saturated heterocycles. The Balaban J connectivity index is 1.85. The highest BCUT2D eigenvalue weighted by Gasteiger charge is 2.48. The Morgan fingerprint density at radius 3 is 2.34 bits per heavy atom. The minimum absolute atomic E-state index is 0.0990. The van der Waals surface area contributed by atoms with E-state index in [1.165, 1.54) is 23.6 Å². The molecule has 1 aromatic rings. The number of aliphatic hydroxyl groups excluding tert-OH is 2. The first-order valence-electron chi connectivity index (χ1n) is 12.8. The van der Waals surface area contributed by atoms with Crippen molar-refractivity contribution in [1.29, 1.82) is 0 Å². The van der Waals surface area contributed by atoms with Crippen LogP contribution < -0.4 is 4.74 Å². The van der Waals surface area contributed by atoms with E-state index in [9.17, 15) is 20.1 Å². The van der Waals surface area contributed by atoms with Gasteiger partial charge in [-0.05, 0) is 81.4 Å². The molecule has 0 bridgehead atoms. The van der Waals surface area contributed by atoms with Crippen LogP contribution in [-0.4, -0.2) is 52.0 Å². The van der Waals surface area contributed by atoms with Crippen LogP contribution in [-0.2, 0) is 14.3 Å². The van der Waals surface area contributed by atoms with Gasteiger partial charge in [-0.25, -0.2) is 0 Å². The molecular formula is C28H40O7. The number of esters is 1. The molecule has 9 atom stereocenters. The topological polar surface area (TPSA) is 105 Å². The van der Waals surface area contributed by atoms with E-state index in [1.54, 1.807) is 6.92 Å². The minimum atomic E-state index is -1.38. The van der Waals surface area contributed by atoms with Crippen molar-refractivity contribution < 1.29 is 34.3 Å². The van der Waals surface area contributed by atoms with Gasteiger partial charge in [0, 0.05) is 18.4 Å². The fraction of sp³-hybridized carbons (Fsp3) is 0.679. The summed E-state index contributed by atoms with van der Waals surface area (Å²) >= 11 is 0. The van der Waals surface area contributed by atoms with E-state index in [0.717, 1.165) is 30.4 Å². The van der Waals surface area contributed by atoms with Crippen molar-refractivity contribution in [2.75, 3.05) is 0 Å². The predicted octanol–water partition coefficient (Wildman–Crippen LogP) is 4.55. The molecule has 0 saturated carbocycles. The summed E-state index contributed by atoms with van der Waals surface area (Å²) in [6.07, 6.45) is -0.354. The Labute approximate surface area is 208 Å². The third kappa shape index (κ3) is 4.58. The van der Waals surface area contributed by atoms with Crippen LogP contribution in [0.5, 0.6) is 11.5 Å². The molecular weight excluding hydrogens is 448 g/mol. The number of hydrogen-bond acceptors (Lipinski definition) is 7. The van der Waals surface area contributed by atoms with Crippen LogP contribution in [0.1, 0.15) is 101 Å². The van der Waals surface area contributed by atoms with Crippen LogP contribution in [0.25, 0.3) is 0 Å². The first-order chi connectivity index (χ1) is 16.4. The first-order valence-corrected chi connectivity index (χ1v) is 12.8. The highest BCUT2D eigenvalue weighted by atomic mass is 16.7. The second kappa shape index (κ2) is 9.75. The van der Waals surface area contributed by atoms with Crippen molar-refractivity contribution >= 4 is 5.97 Å². The van der Waals surface area contributed by atoms with Crippen molar-refractivity contribution in [1.82, 2.24) is 0 Å². The van der Waals surface area contributed by atoms with E-state index >= 15 is 0 Å². The SMILES string of the molecule is CC(=O)OC1C(O)[C@H](O)C(C)O[C@H]1Oc1c(C)c2c3c(c1O)[C@@H](C)CC[C@@H]3[C@@H](C)C[C@H]2C=C(C)C. The minimum Gasteiger partial charge on any atom is -0.504 e. The number of aliphatic hydroxyl groups is 2. The molecule has 35 heavy (non-hydrogen) atoms. The van der Waals surface area contributed by atoms with Crippen molar-refractivity contribution in [2.24, 2.45) is 5.92 Å². The van der Waals surface area contributed by atoms with Crippen molar-refractivity contribution in [2.45, 2.75) is 116 Å². The lowest BCUT2D eigenvalue weighted by Gasteiger charge is -2.44. The fourth-order valence-electron chi connectivity index (χ4n) is 6.47. The maximum Gasteiger partial charge on any atom is 0.303 e. The summed E-state index contributed by atoms with van der Waals surface area (Å²) in [6, 6.07) is 0. The molecule has 1 aliphatic heterocycles. The lowest BCUT2D eigenvalue weighted by atomic mass is 9.62. The molecule has 1 fully saturated rings. The van der Waals surface area contributed by atoms with Gasteiger partial charge >= 0.3 is 5.97 Å². The highest BCUT2D eigenvalue weighted by molar-refractivity contribution is 5.66. The van der Waals surface area contributed by atoms with Gasteiger partial charge in [0.1, 0.15) is 12.2 Å². The Morgan fingerprint density at radius 2 is 1.71 bits per heavy atom. The van der Waals surface area contributed by atoms with Crippen molar-refractivity contribution in [3.63, 3.8) is 0 Å². The summed E-state index contributed by atoms with van der Waals surface area (Å²) in [7, 11) is 0. The number of rotatable bonds is 4. The van der Waals surface area contributed by atoms with Gasteiger partial charge in [0.15, 0.2) is 17.6 Å². The van der Waals surface area contributed by atoms with Crippen LogP contribution in [0.15, 0.2) is 11.6 Å². The van der Waals surface area contributed by atoms with Gasteiger partial charge in [-0.1, -0.05) is 25.5 Å². The predicted molar refractivity (Wildman–Crippen MR) is 132 cm³/mol. The number of hydrogen-bond donors (Lipinski definition) is 3. The summed E-state index contributed by atoms with van der Waals surface area (Å²) in [6.45, 7) is 13.5. The standard InChI is InChI=1S/C28H40O7/c1-12(2)10-18-11-14(4)19-9-8-13(3)20-22(19)21(18)15(5)26(24(20)31)35-28-27(34-17(7)29)25(32)23(30)16(6)33-28/h10,13-14,16,18-19,23,25,27-28,30-32H,8-9,11H2,1-7H3/t13-,14-,16?,18+,19+,23+,25?,27?,28-/m0/s1. The van der Waals surface area contributed by atoms with E-state index in [-0.39, 0.29) is 17.6 Å². The molecule has 1 heterocycles. The molecule has 194 valence electrons. The van der Waals surface area contributed by atoms with E-state index in [1.807, 2.05) is 6.92 Å². The Hall–Kier alpha value is -2.09. The average Bonchev–Trinajstić information content (AvgIpc) is 2.76. The van der Waals surface area contributed by atoms with Gasteiger partial charge in [0.2, 0.25) is 6.29 Å². The van der Waals surface area contributed by atoms with Gasteiger partial charge in [-0.3, -0.25) is 4.79 Å². The van der Waals surface area contributed by atoms with Crippen LogP contribution >= 0.6 is 0 Å². The number of phenolic OH excluding ortho intramolecular Hbond substituents is 1. The lowest BCUT2D eigenvalue weighted by molar-refractivity contribution is -0.273. The Kier molecular flexibility index (Phi) is 7.24. The van der Waals surface area contributed by atoms with E-state index < -0.39 is 36.7 Å². The maximum absolute atomic E-state index is 11.8. The van der Waals surface area contributed by atoms with Crippen molar-refractivity contribution in [3.8, 4) is 11.5 Å². The quantitative estimate of drug-likeness (QED) is 0.422. The van der Waals surface area contributed by atoms with Gasteiger partial charge in [0.05, 0.1) is 6.10 Å². The number of allylic oxidation sites excluding steroid dienone is 2. The molecule has 2 aliphatic carbocycles. The zero-order chi connectivity index (χ0) is 25.8. The van der Waals surface area contributed by atoms with E-state index in [4.69, 9.17) is 14.2 Å². The Morgan fingerprint density at radius 1 is 1.03 bits per heavy atom. The van der Waals surface area contributed by atoms with Gasteiger partial charge in [0.25, 0.3) is 0 Å². The average molecular weight is 489 g/mol.